The largest absolute Gasteiger partial charge is 0.591 e. The Morgan fingerprint density at radius 1 is 1.78 bits per heavy atom. The summed E-state index contributed by atoms with van der Waals surface area (Å²) in [5.41, 5.74) is 0. The van der Waals surface area contributed by atoms with Crippen molar-refractivity contribution >= 4 is 5.91 Å². The van der Waals surface area contributed by atoms with E-state index in [0.717, 1.165) is 0 Å². The Balaban J connectivity index is 2.60. The van der Waals surface area contributed by atoms with Gasteiger partial charge in [0.15, 0.2) is 6.61 Å². The molecule has 1 unspecified atom stereocenters. The molecule has 1 aliphatic rings. The van der Waals surface area contributed by atoms with Crippen molar-refractivity contribution < 1.29 is 19.5 Å². The number of quaternary nitrogens is 1. The number of hydroxylamine groups is 4. The molecule has 1 amide bonds. The van der Waals surface area contributed by atoms with Crippen molar-refractivity contribution in [3.05, 3.63) is 5.21 Å². The Labute approximate surface area is 51.6 Å². The van der Waals surface area contributed by atoms with E-state index in [1.807, 2.05) is 0 Å². The van der Waals surface area contributed by atoms with Crippen LogP contribution in [0.25, 0.3) is 0 Å². The zero-order valence-corrected chi connectivity index (χ0v) is 4.74. The molecule has 52 valence electrons. The summed E-state index contributed by atoms with van der Waals surface area (Å²) in [5.74, 6) is -0.832. The van der Waals surface area contributed by atoms with Crippen LogP contribution in [0.1, 0.15) is 0 Å². The van der Waals surface area contributed by atoms with E-state index < -0.39 is 10.7 Å². The molecule has 0 saturated carbocycles. The summed E-state index contributed by atoms with van der Waals surface area (Å²) in [6, 6.07) is 0. The molecular formula is C4H7NO4. The normalized spacial score (nSPS) is 36.9. The lowest BCUT2D eigenvalue weighted by atomic mass is 10.5. The third-order valence-corrected chi connectivity index (χ3v) is 1.15. The fourth-order valence-electron chi connectivity index (χ4n) is 0.573. The number of hydrogen-bond donors (Lipinski definition) is 1. The molecule has 0 aromatic heterocycles. The number of carbonyl (C=O) groups is 1. The van der Waals surface area contributed by atoms with Crippen molar-refractivity contribution in [3.8, 4) is 0 Å². The molecule has 1 saturated heterocycles. The number of rotatable bonds is 0. The van der Waals surface area contributed by atoms with E-state index in [2.05, 4.69) is 4.74 Å². The van der Waals surface area contributed by atoms with Crippen LogP contribution in [0.2, 0.25) is 0 Å². The molecule has 5 heteroatoms. The molecule has 0 aromatic carbocycles. The second-order valence-corrected chi connectivity index (χ2v) is 1.87. The Hall–Kier alpha value is -0.490. The Morgan fingerprint density at radius 3 is 2.78 bits per heavy atom. The Bertz CT molecular complexity index is 133. The lowest BCUT2D eigenvalue weighted by molar-refractivity contribution is -1.00. The predicted molar refractivity (Wildman–Crippen MR) is 26.1 cm³/mol. The van der Waals surface area contributed by atoms with Crippen LogP contribution in [0.5, 0.6) is 0 Å². The number of hydrogen-bond acceptors (Lipinski definition) is 4. The summed E-state index contributed by atoms with van der Waals surface area (Å²) in [6.07, 6.45) is 0. The maximum absolute atomic E-state index is 10.5. The summed E-state index contributed by atoms with van der Waals surface area (Å²) in [6.45, 7) is -0.329. The molecule has 0 radical (unpaired) electrons. The maximum atomic E-state index is 10.5. The van der Waals surface area contributed by atoms with Crippen LogP contribution in [0.4, 0.5) is 0 Å². The molecule has 0 bridgehead atoms. The van der Waals surface area contributed by atoms with Gasteiger partial charge < -0.3 is 9.94 Å². The maximum Gasteiger partial charge on any atom is 0.371 e. The summed E-state index contributed by atoms with van der Waals surface area (Å²) in [4.78, 5) is 8.62. The fraction of sp³-hybridized carbons (Fsp3) is 0.750. The lowest BCUT2D eigenvalue weighted by Gasteiger charge is -2.33. The number of carbonyl (C=O) groups excluding carboxylic acids is 1. The van der Waals surface area contributed by atoms with Crippen LogP contribution < -0.4 is 0 Å². The summed E-state index contributed by atoms with van der Waals surface area (Å²) < 4.78 is 4.59. The third-order valence-electron chi connectivity index (χ3n) is 1.15. The summed E-state index contributed by atoms with van der Waals surface area (Å²) in [5, 5.41) is 19.1. The molecule has 1 rings (SSSR count). The molecule has 0 aromatic rings. The number of amides is 1. The first kappa shape index (κ1) is 6.63. The van der Waals surface area contributed by atoms with Crippen LogP contribution >= 0.6 is 0 Å². The van der Waals surface area contributed by atoms with Gasteiger partial charge >= 0.3 is 5.91 Å². The molecular weight excluding hydrogens is 126 g/mol. The number of ether oxygens (including phenoxy) is 1. The first-order valence-corrected chi connectivity index (χ1v) is 2.56. The summed E-state index contributed by atoms with van der Waals surface area (Å²) >= 11 is 0. The zero-order chi connectivity index (χ0) is 6.91. The monoisotopic (exact) mass is 133 g/mol. The molecule has 1 aliphatic heterocycles. The van der Waals surface area contributed by atoms with Gasteiger partial charge in [0, 0.05) is 0 Å². The van der Waals surface area contributed by atoms with E-state index in [0.29, 0.717) is 0 Å². The SMILES string of the molecule is O=C1COCC[N+]1([O-])O. The lowest BCUT2D eigenvalue weighted by Crippen LogP contribution is -2.52. The van der Waals surface area contributed by atoms with E-state index >= 15 is 0 Å². The zero-order valence-electron chi connectivity index (χ0n) is 4.74. The molecule has 1 heterocycles. The average molecular weight is 133 g/mol. The molecule has 0 spiro atoms. The van der Waals surface area contributed by atoms with Crippen molar-refractivity contribution in [1.82, 2.24) is 0 Å². The van der Waals surface area contributed by atoms with Crippen molar-refractivity contribution in [2.24, 2.45) is 0 Å². The van der Waals surface area contributed by atoms with Crippen molar-refractivity contribution in [1.29, 1.82) is 0 Å². The van der Waals surface area contributed by atoms with E-state index in [9.17, 15) is 10.0 Å². The topological polar surface area (TPSA) is 69.6 Å². The van der Waals surface area contributed by atoms with Crippen LogP contribution in [0, 0.1) is 5.21 Å². The van der Waals surface area contributed by atoms with Gasteiger partial charge in [0.05, 0.1) is 0 Å². The van der Waals surface area contributed by atoms with E-state index in [1.54, 1.807) is 0 Å². The van der Waals surface area contributed by atoms with Gasteiger partial charge in [-0.05, 0) is 0 Å². The molecule has 1 N–H and O–H groups in total. The minimum atomic E-state index is -1.78. The quantitative estimate of drug-likeness (QED) is 0.268. The van der Waals surface area contributed by atoms with Gasteiger partial charge in [0.2, 0.25) is 0 Å². The highest BCUT2D eigenvalue weighted by Gasteiger charge is 2.29. The fourth-order valence-corrected chi connectivity index (χ4v) is 0.573. The first-order valence-electron chi connectivity index (χ1n) is 2.56. The van der Waals surface area contributed by atoms with Crippen LogP contribution in [-0.2, 0) is 9.53 Å². The van der Waals surface area contributed by atoms with Gasteiger partial charge in [-0.1, -0.05) is 0 Å². The van der Waals surface area contributed by atoms with Gasteiger partial charge in [0.25, 0.3) is 0 Å². The minimum absolute atomic E-state index is 0.145. The van der Waals surface area contributed by atoms with E-state index in [1.165, 1.54) is 0 Å². The second kappa shape index (κ2) is 2.03. The molecule has 1 atom stereocenters. The standard InChI is InChI=1S/C4H7NO4/c6-4-3-9-2-1-5(4,7)8/h7H,1-3H2. The van der Waals surface area contributed by atoms with Crippen molar-refractivity contribution in [2.45, 2.75) is 0 Å². The van der Waals surface area contributed by atoms with Crippen molar-refractivity contribution in [2.75, 3.05) is 19.8 Å². The van der Waals surface area contributed by atoms with E-state index in [-0.39, 0.29) is 19.8 Å². The number of morpholine rings is 1. The van der Waals surface area contributed by atoms with Gasteiger partial charge in [-0.15, -0.1) is 4.81 Å². The molecule has 9 heavy (non-hydrogen) atoms. The highest BCUT2D eigenvalue weighted by molar-refractivity contribution is 5.70. The van der Waals surface area contributed by atoms with Crippen LogP contribution in [0.3, 0.4) is 0 Å². The smallest absolute Gasteiger partial charge is 0.371 e. The molecule has 1 fully saturated rings. The van der Waals surface area contributed by atoms with Crippen LogP contribution in [-0.4, -0.2) is 35.7 Å². The first-order chi connectivity index (χ1) is 4.13. The third kappa shape index (κ3) is 1.25. The predicted octanol–water partition coefficient (Wildman–Crippen LogP) is -0.753. The second-order valence-electron chi connectivity index (χ2n) is 1.87. The minimum Gasteiger partial charge on any atom is -0.591 e. The Kier molecular flexibility index (Phi) is 1.50. The average Bonchev–Trinajstić information content (AvgIpc) is 1.77. The van der Waals surface area contributed by atoms with Gasteiger partial charge in [-0.25, -0.2) is 10.0 Å². The van der Waals surface area contributed by atoms with Gasteiger partial charge in [0.1, 0.15) is 13.2 Å². The Morgan fingerprint density at radius 2 is 2.44 bits per heavy atom. The molecule has 0 aliphatic carbocycles. The van der Waals surface area contributed by atoms with Gasteiger partial charge in [-0.2, -0.15) is 0 Å². The van der Waals surface area contributed by atoms with Crippen molar-refractivity contribution in [3.63, 3.8) is 0 Å². The number of nitrogens with zero attached hydrogens (tertiary/aromatic N) is 1. The van der Waals surface area contributed by atoms with E-state index in [4.69, 9.17) is 5.21 Å². The van der Waals surface area contributed by atoms with Crippen LogP contribution in [0.15, 0.2) is 0 Å². The van der Waals surface area contributed by atoms with Gasteiger partial charge in [-0.3, -0.25) is 0 Å². The molecule has 5 nitrogen and oxygen atoms in total. The summed E-state index contributed by atoms with van der Waals surface area (Å²) in [7, 11) is 0. The highest BCUT2D eigenvalue weighted by Crippen LogP contribution is 2.04. The highest BCUT2D eigenvalue weighted by atomic mass is 16.9.